The Kier molecular flexibility index (Phi) is 6.26. The highest BCUT2D eigenvalue weighted by atomic mass is 35.5. The van der Waals surface area contributed by atoms with E-state index in [4.69, 9.17) is 37.4 Å². The van der Waals surface area contributed by atoms with Gasteiger partial charge >= 0.3 is 0 Å². The first-order chi connectivity index (χ1) is 12.0. The van der Waals surface area contributed by atoms with Crippen LogP contribution in [0.15, 0.2) is 18.2 Å². The molecule has 0 aromatic heterocycles. The molecule has 1 aromatic rings. The third-order valence-corrected chi connectivity index (χ3v) is 5.93. The lowest BCUT2D eigenvalue weighted by molar-refractivity contribution is -0.235. The molecule has 6 heteroatoms. The number of hydrogen-bond donors (Lipinski definition) is 0. The van der Waals surface area contributed by atoms with Crippen molar-refractivity contribution in [3.63, 3.8) is 0 Å². The van der Waals surface area contributed by atoms with E-state index in [2.05, 4.69) is 0 Å². The zero-order valence-corrected chi connectivity index (χ0v) is 15.9. The van der Waals surface area contributed by atoms with Gasteiger partial charge in [-0.25, -0.2) is 0 Å². The number of benzene rings is 1. The van der Waals surface area contributed by atoms with Crippen molar-refractivity contribution in [2.45, 2.75) is 63.4 Å². The maximum atomic E-state index is 10.9. The molecule has 1 saturated heterocycles. The first-order valence-electron chi connectivity index (χ1n) is 8.80. The van der Waals surface area contributed by atoms with Crippen LogP contribution >= 0.6 is 23.2 Å². The van der Waals surface area contributed by atoms with Crippen molar-refractivity contribution in [2.75, 3.05) is 6.61 Å². The van der Waals surface area contributed by atoms with Crippen molar-refractivity contribution in [1.29, 1.82) is 0 Å². The van der Waals surface area contributed by atoms with Gasteiger partial charge in [0, 0.05) is 10.0 Å². The monoisotopic (exact) mass is 386 g/mol. The molecule has 0 spiro atoms. The minimum absolute atomic E-state index is 0.230. The summed E-state index contributed by atoms with van der Waals surface area (Å²) in [6.45, 7) is 3.19. The molecule has 0 unspecified atom stereocenters. The SMILES string of the molecule is C[C@@]1(COCc2ccc(Cl)cc2Cl)O[C@@H]2CCCC[C@H]2C[C@H]1OC=O. The average Bonchev–Trinajstić information content (AvgIpc) is 2.58. The second-order valence-corrected chi connectivity index (χ2v) is 8.04. The van der Waals surface area contributed by atoms with Gasteiger partial charge < -0.3 is 14.2 Å². The van der Waals surface area contributed by atoms with Gasteiger partial charge in [-0.2, -0.15) is 0 Å². The number of carbonyl (C=O) groups excluding carboxylic acids is 1. The van der Waals surface area contributed by atoms with E-state index in [1.807, 2.05) is 13.0 Å². The lowest BCUT2D eigenvalue weighted by Crippen LogP contribution is -2.56. The molecule has 1 aliphatic heterocycles. The molecule has 2 fully saturated rings. The fourth-order valence-electron chi connectivity index (χ4n) is 3.94. The van der Waals surface area contributed by atoms with E-state index in [-0.39, 0.29) is 12.2 Å². The normalized spacial score (nSPS) is 32.0. The fraction of sp³-hybridized carbons (Fsp3) is 0.632. The predicted molar refractivity (Wildman–Crippen MR) is 96.9 cm³/mol. The maximum absolute atomic E-state index is 10.9. The number of hydrogen-bond acceptors (Lipinski definition) is 4. The van der Waals surface area contributed by atoms with Gasteiger partial charge in [-0.3, -0.25) is 4.79 Å². The highest BCUT2D eigenvalue weighted by Crippen LogP contribution is 2.41. The number of ether oxygens (including phenoxy) is 3. The Hall–Kier alpha value is -0.810. The van der Waals surface area contributed by atoms with Gasteiger partial charge in [0.15, 0.2) is 0 Å². The van der Waals surface area contributed by atoms with Gasteiger partial charge in [0.1, 0.15) is 11.7 Å². The number of carbonyl (C=O) groups is 1. The molecule has 1 saturated carbocycles. The van der Waals surface area contributed by atoms with Crippen molar-refractivity contribution in [1.82, 2.24) is 0 Å². The summed E-state index contributed by atoms with van der Waals surface area (Å²) in [4.78, 5) is 10.9. The van der Waals surface area contributed by atoms with Crippen LogP contribution in [0.25, 0.3) is 0 Å². The molecule has 0 amide bonds. The van der Waals surface area contributed by atoms with E-state index < -0.39 is 5.60 Å². The van der Waals surface area contributed by atoms with E-state index in [0.717, 1.165) is 24.8 Å². The standard InChI is InChI=1S/C19H24Cl2O4/c1-19(11-23-10-14-6-7-15(20)9-16(14)21)18(24-12-22)8-13-4-2-3-5-17(13)25-19/h6-7,9,12-13,17-18H,2-5,8,10-11H2,1H3/t13-,17+,18+,19-/m0/s1. The van der Waals surface area contributed by atoms with Crippen LogP contribution in [0.2, 0.25) is 10.0 Å². The molecule has 0 radical (unpaired) electrons. The Balaban J connectivity index is 1.64. The first-order valence-corrected chi connectivity index (χ1v) is 9.56. The van der Waals surface area contributed by atoms with Gasteiger partial charge in [-0.05, 0) is 49.8 Å². The zero-order chi connectivity index (χ0) is 17.9. The summed E-state index contributed by atoms with van der Waals surface area (Å²) in [6, 6.07) is 5.34. The highest BCUT2D eigenvalue weighted by Gasteiger charge is 2.48. The second kappa shape index (κ2) is 8.26. The van der Waals surface area contributed by atoms with E-state index in [1.54, 1.807) is 12.1 Å². The molecule has 2 aliphatic rings. The quantitative estimate of drug-likeness (QED) is 0.659. The van der Waals surface area contributed by atoms with Crippen LogP contribution in [-0.4, -0.2) is 30.9 Å². The summed E-state index contributed by atoms with van der Waals surface area (Å²) in [6.07, 6.45) is 5.40. The average molecular weight is 387 g/mol. The molecule has 25 heavy (non-hydrogen) atoms. The van der Waals surface area contributed by atoms with Crippen molar-refractivity contribution in [3.8, 4) is 0 Å². The molecule has 0 N–H and O–H groups in total. The predicted octanol–water partition coefficient (Wildman–Crippen LogP) is 4.79. The summed E-state index contributed by atoms with van der Waals surface area (Å²) < 4.78 is 17.6. The summed E-state index contributed by atoms with van der Waals surface area (Å²) in [5.74, 6) is 0.470. The van der Waals surface area contributed by atoms with Crippen molar-refractivity contribution >= 4 is 29.7 Å². The van der Waals surface area contributed by atoms with Crippen molar-refractivity contribution in [3.05, 3.63) is 33.8 Å². The smallest absolute Gasteiger partial charge is 0.293 e. The molecule has 3 rings (SSSR count). The van der Waals surface area contributed by atoms with Crippen LogP contribution in [0, 0.1) is 5.92 Å². The minimum atomic E-state index is -0.641. The van der Waals surface area contributed by atoms with E-state index in [0.29, 0.717) is 35.6 Å². The van der Waals surface area contributed by atoms with Gasteiger partial charge in [0.25, 0.3) is 6.47 Å². The molecule has 1 aromatic carbocycles. The largest absolute Gasteiger partial charge is 0.461 e. The Morgan fingerprint density at radius 1 is 1.32 bits per heavy atom. The molecule has 0 bridgehead atoms. The molecular weight excluding hydrogens is 363 g/mol. The summed E-state index contributed by atoms with van der Waals surface area (Å²) in [5, 5.41) is 1.18. The molecule has 4 atom stereocenters. The molecule has 1 aliphatic carbocycles. The number of fused-ring (bicyclic) bond motifs is 1. The van der Waals surface area contributed by atoms with E-state index >= 15 is 0 Å². The zero-order valence-electron chi connectivity index (χ0n) is 14.4. The molecule has 4 nitrogen and oxygen atoms in total. The fourth-order valence-corrected chi connectivity index (χ4v) is 4.40. The van der Waals surface area contributed by atoms with Crippen LogP contribution in [0.1, 0.15) is 44.6 Å². The van der Waals surface area contributed by atoms with Crippen LogP contribution in [0.4, 0.5) is 0 Å². The topological polar surface area (TPSA) is 44.8 Å². The van der Waals surface area contributed by atoms with Gasteiger partial charge in [-0.15, -0.1) is 0 Å². The van der Waals surface area contributed by atoms with Crippen LogP contribution in [0.5, 0.6) is 0 Å². The Labute approximate surface area is 158 Å². The number of halogens is 2. The Morgan fingerprint density at radius 2 is 2.12 bits per heavy atom. The lowest BCUT2D eigenvalue weighted by atomic mass is 9.76. The van der Waals surface area contributed by atoms with Crippen molar-refractivity contribution in [2.24, 2.45) is 5.92 Å². The molecule has 138 valence electrons. The van der Waals surface area contributed by atoms with E-state index in [9.17, 15) is 4.79 Å². The van der Waals surface area contributed by atoms with Crippen molar-refractivity contribution < 1.29 is 19.0 Å². The summed E-state index contributed by atoms with van der Waals surface area (Å²) in [7, 11) is 0. The summed E-state index contributed by atoms with van der Waals surface area (Å²) >= 11 is 12.1. The first kappa shape index (κ1) is 19.0. The van der Waals surface area contributed by atoms with Gasteiger partial charge in [0.05, 0.1) is 19.3 Å². The maximum Gasteiger partial charge on any atom is 0.293 e. The van der Waals surface area contributed by atoms with Crippen LogP contribution in [-0.2, 0) is 25.6 Å². The minimum Gasteiger partial charge on any atom is -0.461 e. The molecular formula is C19H24Cl2O4. The van der Waals surface area contributed by atoms with Crippen LogP contribution in [0.3, 0.4) is 0 Å². The van der Waals surface area contributed by atoms with Gasteiger partial charge in [0.2, 0.25) is 0 Å². The third-order valence-electron chi connectivity index (χ3n) is 5.34. The third kappa shape index (κ3) is 4.48. The van der Waals surface area contributed by atoms with Crippen LogP contribution < -0.4 is 0 Å². The number of rotatable bonds is 6. The Bertz CT molecular complexity index is 609. The lowest BCUT2D eigenvalue weighted by Gasteiger charge is -2.48. The highest BCUT2D eigenvalue weighted by molar-refractivity contribution is 6.35. The Morgan fingerprint density at radius 3 is 2.88 bits per heavy atom. The molecule has 1 heterocycles. The van der Waals surface area contributed by atoms with Gasteiger partial charge in [-0.1, -0.05) is 42.1 Å². The second-order valence-electron chi connectivity index (χ2n) is 7.20. The summed E-state index contributed by atoms with van der Waals surface area (Å²) in [5.41, 5.74) is 0.229. The van der Waals surface area contributed by atoms with E-state index in [1.165, 1.54) is 12.8 Å².